The summed E-state index contributed by atoms with van der Waals surface area (Å²) in [5.74, 6) is 0. The van der Waals surface area contributed by atoms with Gasteiger partial charge < -0.3 is 10.5 Å². The topological polar surface area (TPSA) is 38.5 Å². The molecule has 3 heteroatoms. The van der Waals surface area contributed by atoms with Crippen molar-refractivity contribution in [2.24, 2.45) is 5.73 Å². The fourth-order valence-corrected chi connectivity index (χ4v) is 2.94. The Bertz CT molecular complexity index is 423. The minimum atomic E-state index is 0.282. The van der Waals surface area contributed by atoms with E-state index in [1.54, 1.807) is 0 Å². The van der Waals surface area contributed by atoms with Crippen molar-refractivity contribution in [2.75, 3.05) is 19.6 Å². The molecule has 0 radical (unpaired) electrons. The molecule has 1 saturated heterocycles. The molecule has 3 nitrogen and oxygen atoms in total. The first-order valence-corrected chi connectivity index (χ1v) is 7.18. The highest BCUT2D eigenvalue weighted by atomic mass is 16.5. The number of morpholine rings is 1. The maximum atomic E-state index is 6.03. The summed E-state index contributed by atoms with van der Waals surface area (Å²) < 4.78 is 5.81. The number of nitrogens with zero attached hydrogens (tertiary/aromatic N) is 1. The van der Waals surface area contributed by atoms with Crippen molar-refractivity contribution in [1.82, 2.24) is 4.90 Å². The Kier molecular flexibility index (Phi) is 4.61. The third kappa shape index (κ3) is 3.35. The van der Waals surface area contributed by atoms with Crippen LogP contribution in [0.15, 0.2) is 18.2 Å². The number of aryl methyl sites for hydroxylation is 2. The van der Waals surface area contributed by atoms with Gasteiger partial charge in [0.2, 0.25) is 0 Å². The van der Waals surface area contributed by atoms with Crippen LogP contribution >= 0.6 is 0 Å². The first kappa shape index (κ1) is 14.5. The van der Waals surface area contributed by atoms with Gasteiger partial charge in [0.1, 0.15) is 0 Å². The highest BCUT2D eigenvalue weighted by molar-refractivity contribution is 5.32. The van der Waals surface area contributed by atoms with Gasteiger partial charge in [-0.05, 0) is 44.4 Å². The Morgan fingerprint density at radius 1 is 1.21 bits per heavy atom. The van der Waals surface area contributed by atoms with Gasteiger partial charge in [-0.2, -0.15) is 0 Å². The summed E-state index contributed by atoms with van der Waals surface area (Å²) in [6, 6.07) is 6.98. The predicted octanol–water partition coefficient (Wildman–Crippen LogP) is 2.41. The van der Waals surface area contributed by atoms with Gasteiger partial charge in [0.05, 0.1) is 12.2 Å². The highest BCUT2D eigenvalue weighted by Crippen LogP contribution is 2.25. The van der Waals surface area contributed by atoms with Gasteiger partial charge in [-0.1, -0.05) is 18.2 Å². The summed E-state index contributed by atoms with van der Waals surface area (Å²) in [7, 11) is 0. The van der Waals surface area contributed by atoms with Crippen LogP contribution in [0.5, 0.6) is 0 Å². The van der Waals surface area contributed by atoms with Crippen LogP contribution in [0.1, 0.15) is 36.6 Å². The van der Waals surface area contributed by atoms with E-state index in [4.69, 9.17) is 10.5 Å². The molecule has 0 bridgehead atoms. The number of hydrogen-bond donors (Lipinski definition) is 1. The number of hydrogen-bond acceptors (Lipinski definition) is 3. The van der Waals surface area contributed by atoms with Gasteiger partial charge in [-0.25, -0.2) is 0 Å². The third-order valence-corrected chi connectivity index (χ3v) is 4.03. The zero-order chi connectivity index (χ0) is 14.0. The maximum absolute atomic E-state index is 6.03. The SMILES string of the molecule is Cc1ccc(C(CN)N2C[C@@H](C)O[C@@H](C)C2)cc1C. The molecule has 1 aromatic carbocycles. The van der Waals surface area contributed by atoms with Gasteiger partial charge in [0.15, 0.2) is 0 Å². The second kappa shape index (κ2) is 6.04. The van der Waals surface area contributed by atoms with Gasteiger partial charge in [-0.15, -0.1) is 0 Å². The highest BCUT2D eigenvalue weighted by Gasteiger charge is 2.28. The molecule has 1 aliphatic heterocycles. The second-order valence-corrected chi connectivity index (χ2v) is 5.81. The van der Waals surface area contributed by atoms with Crippen molar-refractivity contribution < 1.29 is 4.74 Å². The van der Waals surface area contributed by atoms with E-state index in [1.165, 1.54) is 16.7 Å². The molecule has 19 heavy (non-hydrogen) atoms. The van der Waals surface area contributed by atoms with Gasteiger partial charge >= 0.3 is 0 Å². The molecule has 1 fully saturated rings. The van der Waals surface area contributed by atoms with Gasteiger partial charge in [-0.3, -0.25) is 4.90 Å². The smallest absolute Gasteiger partial charge is 0.0678 e. The Morgan fingerprint density at radius 2 is 1.84 bits per heavy atom. The fraction of sp³-hybridized carbons (Fsp3) is 0.625. The van der Waals surface area contributed by atoms with Crippen molar-refractivity contribution in [1.29, 1.82) is 0 Å². The Hall–Kier alpha value is -0.900. The van der Waals surface area contributed by atoms with Crippen molar-refractivity contribution in [3.05, 3.63) is 34.9 Å². The molecule has 2 N–H and O–H groups in total. The first-order chi connectivity index (χ1) is 9.01. The van der Waals surface area contributed by atoms with E-state index in [0.717, 1.165) is 13.1 Å². The number of ether oxygens (including phenoxy) is 1. The molecule has 0 spiro atoms. The van der Waals surface area contributed by atoms with Crippen molar-refractivity contribution >= 4 is 0 Å². The molecule has 1 heterocycles. The van der Waals surface area contributed by atoms with Crippen LogP contribution in [0, 0.1) is 13.8 Å². The third-order valence-electron chi connectivity index (χ3n) is 4.03. The lowest BCUT2D eigenvalue weighted by Gasteiger charge is -2.40. The summed E-state index contributed by atoms with van der Waals surface area (Å²) in [6.45, 7) is 11.2. The van der Waals surface area contributed by atoms with E-state index in [9.17, 15) is 0 Å². The molecule has 3 atom stereocenters. The lowest BCUT2D eigenvalue weighted by atomic mass is 9.99. The average molecular weight is 262 g/mol. The molecule has 0 saturated carbocycles. The van der Waals surface area contributed by atoms with Crippen LogP contribution < -0.4 is 5.73 Å². The quantitative estimate of drug-likeness (QED) is 0.909. The summed E-state index contributed by atoms with van der Waals surface area (Å²) in [4.78, 5) is 2.46. The molecule has 2 rings (SSSR count). The molecular formula is C16H26N2O. The van der Waals surface area contributed by atoms with Crippen LogP contribution in [-0.4, -0.2) is 36.7 Å². The van der Waals surface area contributed by atoms with Crippen LogP contribution in [0.3, 0.4) is 0 Å². The zero-order valence-electron chi connectivity index (χ0n) is 12.5. The molecular weight excluding hydrogens is 236 g/mol. The lowest BCUT2D eigenvalue weighted by Crippen LogP contribution is -2.48. The summed E-state index contributed by atoms with van der Waals surface area (Å²) in [5, 5.41) is 0. The van der Waals surface area contributed by atoms with Crippen LogP contribution in [0.25, 0.3) is 0 Å². The van der Waals surface area contributed by atoms with Gasteiger partial charge in [0.25, 0.3) is 0 Å². The Morgan fingerprint density at radius 3 is 2.37 bits per heavy atom. The fourth-order valence-electron chi connectivity index (χ4n) is 2.94. The zero-order valence-corrected chi connectivity index (χ0v) is 12.5. The van der Waals surface area contributed by atoms with E-state index in [0.29, 0.717) is 12.6 Å². The monoisotopic (exact) mass is 262 g/mol. The summed E-state index contributed by atoms with van der Waals surface area (Å²) >= 11 is 0. The molecule has 0 aromatic heterocycles. The maximum Gasteiger partial charge on any atom is 0.0678 e. The number of benzene rings is 1. The van der Waals surface area contributed by atoms with Crippen molar-refractivity contribution in [2.45, 2.75) is 45.9 Å². The average Bonchev–Trinajstić information content (AvgIpc) is 2.33. The molecule has 1 aromatic rings. The predicted molar refractivity (Wildman–Crippen MR) is 79.3 cm³/mol. The second-order valence-electron chi connectivity index (χ2n) is 5.81. The van der Waals surface area contributed by atoms with E-state index >= 15 is 0 Å². The standard InChI is InChI=1S/C16H26N2O/c1-11-5-6-15(7-12(11)2)16(8-17)18-9-13(3)19-14(4)10-18/h5-7,13-14,16H,8-10,17H2,1-4H3/t13-,14+,16?. The van der Waals surface area contributed by atoms with E-state index < -0.39 is 0 Å². The minimum Gasteiger partial charge on any atom is -0.373 e. The first-order valence-electron chi connectivity index (χ1n) is 7.18. The molecule has 1 unspecified atom stereocenters. The Balaban J connectivity index is 2.21. The lowest BCUT2D eigenvalue weighted by molar-refractivity contribution is -0.0799. The number of nitrogens with two attached hydrogens (primary N) is 1. The van der Waals surface area contributed by atoms with E-state index in [-0.39, 0.29) is 12.2 Å². The molecule has 0 amide bonds. The molecule has 1 aliphatic rings. The molecule has 106 valence electrons. The van der Waals surface area contributed by atoms with E-state index in [2.05, 4.69) is 50.8 Å². The van der Waals surface area contributed by atoms with Crippen LogP contribution in [0.2, 0.25) is 0 Å². The summed E-state index contributed by atoms with van der Waals surface area (Å²) in [6.07, 6.45) is 0.564. The van der Waals surface area contributed by atoms with Crippen LogP contribution in [0.4, 0.5) is 0 Å². The van der Waals surface area contributed by atoms with Crippen LogP contribution in [-0.2, 0) is 4.74 Å². The minimum absolute atomic E-state index is 0.282. The van der Waals surface area contributed by atoms with Crippen molar-refractivity contribution in [3.63, 3.8) is 0 Å². The van der Waals surface area contributed by atoms with Gasteiger partial charge in [0, 0.05) is 25.7 Å². The largest absolute Gasteiger partial charge is 0.373 e. The molecule has 0 aliphatic carbocycles. The number of rotatable bonds is 3. The summed E-state index contributed by atoms with van der Waals surface area (Å²) in [5.41, 5.74) is 10.0. The van der Waals surface area contributed by atoms with E-state index in [1.807, 2.05) is 0 Å². The normalized spacial score (nSPS) is 26.4. The Labute approximate surface area is 116 Å². The van der Waals surface area contributed by atoms with Crippen molar-refractivity contribution in [3.8, 4) is 0 Å².